The van der Waals surface area contributed by atoms with Crippen LogP contribution in [0.25, 0.3) is 110 Å². The summed E-state index contributed by atoms with van der Waals surface area (Å²) in [6.45, 7) is 0. The van der Waals surface area contributed by atoms with Crippen LogP contribution in [0.1, 0.15) is 0 Å². The third kappa shape index (κ3) is 4.99. The SMILES string of the molecule is c1ccc(-c2nc(-c3cccc(-c4cccc5oc(-c6cc7ccccc7c7ccccc67)nc45)c3)nc(-c3cccc4c3sc3ccccc34)n2)cc1. The minimum Gasteiger partial charge on any atom is -0.436 e. The molecule has 0 N–H and O–H groups in total. The van der Waals surface area contributed by atoms with E-state index >= 15 is 0 Å². The van der Waals surface area contributed by atoms with Crippen LogP contribution in [0, 0.1) is 0 Å². The molecule has 11 rings (SSSR count). The maximum atomic E-state index is 6.53. The third-order valence-corrected chi connectivity index (χ3v) is 11.4. The van der Waals surface area contributed by atoms with Crippen LogP contribution >= 0.6 is 11.3 Å². The monoisotopic (exact) mass is 708 g/mol. The van der Waals surface area contributed by atoms with E-state index in [0.29, 0.717) is 23.4 Å². The lowest BCUT2D eigenvalue weighted by atomic mass is 9.97. The molecule has 0 radical (unpaired) electrons. The summed E-state index contributed by atoms with van der Waals surface area (Å²) in [6, 6.07) is 58.6. The molecular weight excluding hydrogens is 681 g/mol. The highest BCUT2D eigenvalue weighted by Gasteiger charge is 2.19. The molecule has 0 aliphatic heterocycles. The summed E-state index contributed by atoms with van der Waals surface area (Å²) in [5, 5.41) is 7.09. The highest BCUT2D eigenvalue weighted by molar-refractivity contribution is 7.26. The maximum Gasteiger partial charge on any atom is 0.227 e. The number of para-hydroxylation sites is 1. The first-order valence-corrected chi connectivity index (χ1v) is 18.7. The molecule has 54 heavy (non-hydrogen) atoms. The largest absolute Gasteiger partial charge is 0.436 e. The molecule has 0 aliphatic rings. The second-order valence-electron chi connectivity index (χ2n) is 13.4. The molecule has 5 nitrogen and oxygen atoms in total. The second kappa shape index (κ2) is 12.3. The van der Waals surface area contributed by atoms with Crippen molar-refractivity contribution in [1.82, 2.24) is 19.9 Å². The highest BCUT2D eigenvalue weighted by atomic mass is 32.1. The Morgan fingerprint density at radius 1 is 0.389 bits per heavy atom. The first kappa shape index (κ1) is 30.6. The first-order valence-electron chi connectivity index (χ1n) is 17.9. The number of fused-ring (bicyclic) bond motifs is 7. The van der Waals surface area contributed by atoms with E-state index in [1.807, 2.05) is 42.5 Å². The van der Waals surface area contributed by atoms with Crippen molar-refractivity contribution < 1.29 is 4.42 Å². The van der Waals surface area contributed by atoms with E-state index < -0.39 is 0 Å². The minimum absolute atomic E-state index is 0.598. The molecule has 0 atom stereocenters. The van der Waals surface area contributed by atoms with Crippen molar-refractivity contribution in [3.05, 3.63) is 170 Å². The number of thiophene rings is 1. The fraction of sp³-hybridized carbons (Fsp3) is 0. The summed E-state index contributed by atoms with van der Waals surface area (Å²) < 4.78 is 8.93. The van der Waals surface area contributed by atoms with Crippen molar-refractivity contribution in [2.45, 2.75) is 0 Å². The average Bonchev–Trinajstić information content (AvgIpc) is 3.86. The molecule has 0 bridgehead atoms. The van der Waals surface area contributed by atoms with Gasteiger partial charge in [-0.15, -0.1) is 11.3 Å². The molecule has 0 saturated carbocycles. The molecule has 6 heteroatoms. The van der Waals surface area contributed by atoms with Crippen molar-refractivity contribution in [2.24, 2.45) is 0 Å². The van der Waals surface area contributed by atoms with Gasteiger partial charge in [0.15, 0.2) is 23.1 Å². The van der Waals surface area contributed by atoms with E-state index in [-0.39, 0.29) is 0 Å². The topological polar surface area (TPSA) is 64.7 Å². The predicted molar refractivity (Wildman–Crippen MR) is 222 cm³/mol. The van der Waals surface area contributed by atoms with E-state index in [2.05, 4.69) is 127 Å². The lowest BCUT2D eigenvalue weighted by molar-refractivity contribution is 0.621. The van der Waals surface area contributed by atoms with Crippen molar-refractivity contribution in [1.29, 1.82) is 0 Å². The molecule has 8 aromatic carbocycles. The molecule has 0 fully saturated rings. The van der Waals surface area contributed by atoms with Gasteiger partial charge in [-0.3, -0.25) is 0 Å². The van der Waals surface area contributed by atoms with Crippen LogP contribution in [0.15, 0.2) is 174 Å². The number of hydrogen-bond donors (Lipinski definition) is 0. The molecule has 0 aliphatic carbocycles. The molecule has 3 heterocycles. The van der Waals surface area contributed by atoms with Gasteiger partial charge in [0.1, 0.15) is 5.52 Å². The lowest BCUT2D eigenvalue weighted by Crippen LogP contribution is -2.00. The zero-order chi connectivity index (χ0) is 35.6. The van der Waals surface area contributed by atoms with Gasteiger partial charge in [-0.2, -0.15) is 0 Å². The zero-order valence-corrected chi connectivity index (χ0v) is 29.6. The van der Waals surface area contributed by atoms with Gasteiger partial charge in [0.05, 0.1) is 0 Å². The van der Waals surface area contributed by atoms with Crippen LogP contribution in [-0.2, 0) is 0 Å². The summed E-state index contributed by atoms with van der Waals surface area (Å²) in [4.78, 5) is 20.5. The summed E-state index contributed by atoms with van der Waals surface area (Å²) >= 11 is 1.77. The Labute approximate surface area is 313 Å². The van der Waals surface area contributed by atoms with Gasteiger partial charge < -0.3 is 4.42 Å². The zero-order valence-electron chi connectivity index (χ0n) is 28.8. The van der Waals surface area contributed by atoms with Crippen LogP contribution < -0.4 is 0 Å². The number of oxazole rings is 1. The van der Waals surface area contributed by atoms with Crippen LogP contribution in [0.2, 0.25) is 0 Å². The van der Waals surface area contributed by atoms with Crippen LogP contribution in [0.4, 0.5) is 0 Å². The molecule has 252 valence electrons. The van der Waals surface area contributed by atoms with Gasteiger partial charge in [-0.1, -0.05) is 140 Å². The van der Waals surface area contributed by atoms with Gasteiger partial charge >= 0.3 is 0 Å². The quantitative estimate of drug-likeness (QED) is 0.167. The fourth-order valence-electron chi connectivity index (χ4n) is 7.62. The van der Waals surface area contributed by atoms with Crippen LogP contribution in [0.5, 0.6) is 0 Å². The van der Waals surface area contributed by atoms with Crippen LogP contribution in [-0.4, -0.2) is 19.9 Å². The summed E-state index contributed by atoms with van der Waals surface area (Å²) in [5.74, 6) is 2.48. The molecular formula is C48H28N4OS. The van der Waals surface area contributed by atoms with E-state index in [0.717, 1.165) is 60.0 Å². The Hall–Kier alpha value is -7.02. The third-order valence-electron chi connectivity index (χ3n) is 10.2. The van der Waals surface area contributed by atoms with Crippen molar-refractivity contribution in [2.75, 3.05) is 0 Å². The Morgan fingerprint density at radius 3 is 1.91 bits per heavy atom. The predicted octanol–water partition coefficient (Wildman–Crippen LogP) is 13.0. The molecule has 3 aromatic heterocycles. The molecule has 0 amide bonds. The Bertz CT molecular complexity index is 3240. The lowest BCUT2D eigenvalue weighted by Gasteiger charge is -2.10. The number of hydrogen-bond acceptors (Lipinski definition) is 6. The maximum absolute atomic E-state index is 6.53. The molecule has 11 aromatic rings. The molecule has 0 saturated heterocycles. The van der Waals surface area contributed by atoms with Gasteiger partial charge in [0, 0.05) is 48.0 Å². The molecule has 0 spiro atoms. The first-order chi connectivity index (χ1) is 26.7. The van der Waals surface area contributed by atoms with Crippen molar-refractivity contribution in [3.63, 3.8) is 0 Å². The van der Waals surface area contributed by atoms with E-state index in [4.69, 9.17) is 24.4 Å². The number of aromatic nitrogens is 4. The smallest absolute Gasteiger partial charge is 0.227 e. The number of rotatable bonds is 5. The van der Waals surface area contributed by atoms with E-state index in [1.54, 1.807) is 11.3 Å². The van der Waals surface area contributed by atoms with Crippen molar-refractivity contribution in [3.8, 4) is 56.7 Å². The standard InChI is InChI=1S/C48H28N4OS/c1-2-13-29(14-3-1)45-50-46(52-47(51-45)39-24-11-23-38-37-21-8-9-26-42(37)54-44(38)39)32-17-10-16-30(27-32)34-22-12-25-41-43(34)49-48(53-41)40-28-31-15-4-5-18-33(31)35-19-6-7-20-36(35)40/h1-28H. The minimum atomic E-state index is 0.598. The van der Waals surface area contributed by atoms with Crippen molar-refractivity contribution >= 4 is 64.2 Å². The fourth-order valence-corrected chi connectivity index (χ4v) is 8.83. The van der Waals surface area contributed by atoms with Crippen LogP contribution in [0.3, 0.4) is 0 Å². The summed E-state index contributed by atoms with van der Waals surface area (Å²) in [6.07, 6.45) is 0. The van der Waals surface area contributed by atoms with E-state index in [9.17, 15) is 0 Å². The Balaban J connectivity index is 1.06. The normalized spacial score (nSPS) is 11.7. The number of benzene rings is 8. The summed E-state index contributed by atoms with van der Waals surface area (Å²) in [7, 11) is 0. The van der Waals surface area contributed by atoms with Gasteiger partial charge in [0.2, 0.25) is 5.89 Å². The van der Waals surface area contributed by atoms with E-state index in [1.165, 1.54) is 26.2 Å². The van der Waals surface area contributed by atoms with Gasteiger partial charge in [-0.25, -0.2) is 19.9 Å². The Morgan fingerprint density at radius 2 is 1.02 bits per heavy atom. The van der Waals surface area contributed by atoms with Gasteiger partial charge in [0.25, 0.3) is 0 Å². The Kier molecular flexibility index (Phi) is 6.97. The second-order valence-corrected chi connectivity index (χ2v) is 14.4. The van der Waals surface area contributed by atoms with Gasteiger partial charge in [-0.05, 0) is 57.4 Å². The average molecular weight is 709 g/mol. The molecule has 0 unspecified atom stereocenters. The number of nitrogens with zero attached hydrogens (tertiary/aromatic N) is 4. The highest BCUT2D eigenvalue weighted by Crippen LogP contribution is 2.41. The summed E-state index contributed by atoms with van der Waals surface area (Å²) in [5.41, 5.74) is 7.29.